The van der Waals surface area contributed by atoms with E-state index in [-0.39, 0.29) is 19.6 Å². The van der Waals surface area contributed by atoms with Gasteiger partial charge < -0.3 is 25.8 Å². The molecule has 0 aliphatic rings. The Morgan fingerprint density at radius 2 is 1.58 bits per heavy atom. The highest BCUT2D eigenvalue weighted by molar-refractivity contribution is 5.95. The van der Waals surface area contributed by atoms with Gasteiger partial charge in [0.05, 0.1) is 25.6 Å². The van der Waals surface area contributed by atoms with Gasteiger partial charge in [-0.25, -0.2) is 0 Å². The average Bonchev–Trinajstić information content (AvgIpc) is 2.70. The van der Waals surface area contributed by atoms with Crippen LogP contribution in [-0.2, 0) is 39.9 Å². The molecule has 3 amide bonds. The van der Waals surface area contributed by atoms with Crippen LogP contribution in [0, 0.1) is 5.92 Å². The molecular weight excluding hydrogens is 406 g/mol. The van der Waals surface area contributed by atoms with Crippen molar-refractivity contribution in [1.82, 2.24) is 10.6 Å². The molecule has 170 valence electrons. The number of esters is 2. The minimum atomic E-state index is -1.54. The zero-order valence-corrected chi connectivity index (χ0v) is 17.9. The fraction of sp³-hybridized carbons (Fsp3) is 0.476. The van der Waals surface area contributed by atoms with E-state index in [9.17, 15) is 24.0 Å². The lowest BCUT2D eigenvalue weighted by atomic mass is 9.94. The summed E-state index contributed by atoms with van der Waals surface area (Å²) in [7, 11) is 0. The van der Waals surface area contributed by atoms with Gasteiger partial charge in [-0.1, -0.05) is 30.3 Å². The molecule has 10 nitrogen and oxygen atoms in total. The number of amides is 3. The van der Waals surface area contributed by atoms with Crippen LogP contribution in [0.1, 0.15) is 32.8 Å². The summed E-state index contributed by atoms with van der Waals surface area (Å²) < 4.78 is 9.79. The molecule has 0 saturated heterocycles. The maximum atomic E-state index is 12.9. The number of benzene rings is 1. The van der Waals surface area contributed by atoms with E-state index in [2.05, 4.69) is 10.6 Å². The number of primary amides is 1. The first kappa shape index (κ1) is 25.6. The molecule has 10 heteroatoms. The second-order valence-electron chi connectivity index (χ2n) is 6.70. The molecule has 0 unspecified atom stereocenters. The van der Waals surface area contributed by atoms with Crippen LogP contribution in [0.2, 0.25) is 0 Å². The van der Waals surface area contributed by atoms with Gasteiger partial charge >= 0.3 is 11.9 Å². The molecule has 0 spiro atoms. The van der Waals surface area contributed by atoms with Gasteiger partial charge in [-0.3, -0.25) is 24.0 Å². The van der Waals surface area contributed by atoms with Crippen LogP contribution in [0.25, 0.3) is 0 Å². The summed E-state index contributed by atoms with van der Waals surface area (Å²) in [6.07, 6.45) is -0.371. The van der Waals surface area contributed by atoms with Gasteiger partial charge in [0.2, 0.25) is 17.7 Å². The summed E-state index contributed by atoms with van der Waals surface area (Å²) in [5.41, 5.74) is 6.19. The Balaban J connectivity index is 3.11. The summed E-state index contributed by atoms with van der Waals surface area (Å²) in [5.74, 6) is -5.23. The minimum absolute atomic E-state index is 0.000110. The lowest BCUT2D eigenvalue weighted by Gasteiger charge is -2.26. The SMILES string of the molecule is CCOC(=O)C[C@@H](C(=O)OCC)[C@H](NC(=O)[C@H](Cc1ccccc1)NC(C)=O)C(N)=O. The highest BCUT2D eigenvalue weighted by Gasteiger charge is 2.38. The van der Waals surface area contributed by atoms with Crippen LogP contribution >= 0.6 is 0 Å². The van der Waals surface area contributed by atoms with E-state index in [4.69, 9.17) is 15.2 Å². The molecule has 0 saturated carbocycles. The van der Waals surface area contributed by atoms with E-state index in [1.165, 1.54) is 6.92 Å². The maximum absolute atomic E-state index is 12.9. The molecule has 0 aliphatic carbocycles. The van der Waals surface area contributed by atoms with E-state index in [0.717, 1.165) is 5.56 Å². The van der Waals surface area contributed by atoms with Crippen LogP contribution in [0.3, 0.4) is 0 Å². The first-order valence-corrected chi connectivity index (χ1v) is 9.92. The number of hydrogen-bond acceptors (Lipinski definition) is 7. The quantitative estimate of drug-likeness (QED) is 0.385. The molecule has 1 aromatic rings. The lowest BCUT2D eigenvalue weighted by molar-refractivity contribution is -0.157. The summed E-state index contributed by atoms with van der Waals surface area (Å²) in [6, 6.07) is 6.33. The van der Waals surface area contributed by atoms with Crippen molar-refractivity contribution < 1.29 is 33.4 Å². The van der Waals surface area contributed by atoms with Gasteiger partial charge in [0, 0.05) is 13.3 Å². The van der Waals surface area contributed by atoms with Crippen LogP contribution in [0.5, 0.6) is 0 Å². The predicted molar refractivity (Wildman–Crippen MR) is 110 cm³/mol. The van der Waals surface area contributed by atoms with E-state index in [0.29, 0.717) is 0 Å². The molecule has 0 aliphatic heterocycles. The minimum Gasteiger partial charge on any atom is -0.466 e. The van der Waals surface area contributed by atoms with Crippen molar-refractivity contribution in [3.05, 3.63) is 35.9 Å². The van der Waals surface area contributed by atoms with E-state index in [1.54, 1.807) is 44.2 Å². The first-order chi connectivity index (χ1) is 14.7. The Morgan fingerprint density at radius 1 is 0.968 bits per heavy atom. The lowest BCUT2D eigenvalue weighted by Crippen LogP contribution is -2.57. The predicted octanol–water partition coefficient (Wildman–Crippen LogP) is -0.164. The molecule has 4 N–H and O–H groups in total. The van der Waals surface area contributed by atoms with Crippen molar-refractivity contribution in [2.75, 3.05) is 13.2 Å². The third-order valence-electron chi connectivity index (χ3n) is 4.26. The molecule has 31 heavy (non-hydrogen) atoms. The molecule has 0 bridgehead atoms. The number of nitrogens with one attached hydrogen (secondary N) is 2. The standard InChI is InChI=1S/C21H29N3O7/c1-4-30-17(26)12-15(21(29)31-5-2)18(19(22)27)24-20(28)16(23-13(3)25)11-14-9-7-6-8-10-14/h6-10,15-16,18H,4-5,11-12H2,1-3H3,(H2,22,27)(H,23,25)(H,24,28)/t15-,16+,18+/m1/s1. The topological polar surface area (TPSA) is 154 Å². The molecule has 0 radical (unpaired) electrons. The molecule has 1 aromatic carbocycles. The van der Waals surface area contributed by atoms with Gasteiger partial charge in [-0.05, 0) is 19.4 Å². The number of rotatable bonds is 12. The van der Waals surface area contributed by atoms with E-state index < -0.39 is 54.1 Å². The second-order valence-corrected chi connectivity index (χ2v) is 6.70. The summed E-state index contributed by atoms with van der Waals surface area (Å²) in [6.45, 7) is 4.47. The summed E-state index contributed by atoms with van der Waals surface area (Å²) in [4.78, 5) is 60.9. The number of carbonyl (C=O) groups excluding carboxylic acids is 5. The summed E-state index contributed by atoms with van der Waals surface area (Å²) in [5, 5.41) is 4.91. The van der Waals surface area contributed by atoms with Crippen LogP contribution in [0.4, 0.5) is 0 Å². The van der Waals surface area contributed by atoms with E-state index >= 15 is 0 Å². The Labute approximate surface area is 180 Å². The fourth-order valence-electron chi connectivity index (χ4n) is 2.91. The Hall–Kier alpha value is -3.43. The zero-order valence-electron chi connectivity index (χ0n) is 17.9. The number of carbonyl (C=O) groups is 5. The van der Waals surface area contributed by atoms with Gasteiger partial charge in [0.1, 0.15) is 12.1 Å². The highest BCUT2D eigenvalue weighted by Crippen LogP contribution is 2.14. The molecule has 1 rings (SSSR count). The highest BCUT2D eigenvalue weighted by atomic mass is 16.5. The Kier molecular flexibility index (Phi) is 10.7. The largest absolute Gasteiger partial charge is 0.466 e. The smallest absolute Gasteiger partial charge is 0.312 e. The molecule has 0 aromatic heterocycles. The maximum Gasteiger partial charge on any atom is 0.312 e. The monoisotopic (exact) mass is 435 g/mol. The van der Waals surface area contributed by atoms with Crippen LogP contribution < -0.4 is 16.4 Å². The van der Waals surface area contributed by atoms with Gasteiger partial charge in [-0.15, -0.1) is 0 Å². The number of nitrogens with two attached hydrogens (primary N) is 1. The van der Waals surface area contributed by atoms with Gasteiger partial charge in [0.15, 0.2) is 0 Å². The third-order valence-corrected chi connectivity index (χ3v) is 4.26. The summed E-state index contributed by atoms with van der Waals surface area (Å²) >= 11 is 0. The van der Waals surface area contributed by atoms with Crippen LogP contribution in [0.15, 0.2) is 30.3 Å². The molecular formula is C21H29N3O7. The van der Waals surface area contributed by atoms with Crippen LogP contribution in [-0.4, -0.2) is 55.0 Å². The van der Waals surface area contributed by atoms with Crippen molar-refractivity contribution in [2.24, 2.45) is 11.7 Å². The van der Waals surface area contributed by atoms with Crippen molar-refractivity contribution in [2.45, 2.75) is 45.7 Å². The molecule has 0 fully saturated rings. The first-order valence-electron chi connectivity index (χ1n) is 9.92. The number of ether oxygens (including phenoxy) is 2. The fourth-order valence-corrected chi connectivity index (χ4v) is 2.91. The Morgan fingerprint density at radius 3 is 2.10 bits per heavy atom. The van der Waals surface area contributed by atoms with Gasteiger partial charge in [-0.2, -0.15) is 0 Å². The van der Waals surface area contributed by atoms with Crippen molar-refractivity contribution in [1.29, 1.82) is 0 Å². The van der Waals surface area contributed by atoms with Crippen molar-refractivity contribution >= 4 is 29.7 Å². The number of hydrogen-bond donors (Lipinski definition) is 3. The zero-order chi connectivity index (χ0) is 23.4. The van der Waals surface area contributed by atoms with E-state index in [1.807, 2.05) is 0 Å². The third kappa shape index (κ3) is 8.85. The van der Waals surface area contributed by atoms with Gasteiger partial charge in [0.25, 0.3) is 0 Å². The van der Waals surface area contributed by atoms with Crippen molar-refractivity contribution in [3.8, 4) is 0 Å². The van der Waals surface area contributed by atoms with Crippen molar-refractivity contribution in [3.63, 3.8) is 0 Å². The molecule has 3 atom stereocenters. The second kappa shape index (κ2) is 13.0. The Bertz CT molecular complexity index is 782. The normalized spacial score (nSPS) is 13.3. The molecule has 0 heterocycles. The average molecular weight is 435 g/mol.